The van der Waals surface area contributed by atoms with E-state index < -0.39 is 17.4 Å². The molecule has 0 fully saturated rings. The fraction of sp³-hybridized carbons (Fsp3) is 0.273. The highest BCUT2D eigenvalue weighted by molar-refractivity contribution is 7.10. The molecule has 2 aromatic carbocycles. The van der Waals surface area contributed by atoms with Crippen LogP contribution in [0.25, 0.3) is 11.1 Å². The number of aryl methyl sites for hydroxylation is 2. The summed E-state index contributed by atoms with van der Waals surface area (Å²) >= 11 is 0.900. The summed E-state index contributed by atoms with van der Waals surface area (Å²) in [7, 11) is 0. The zero-order chi connectivity index (χ0) is 20.1. The van der Waals surface area contributed by atoms with Gasteiger partial charge in [-0.3, -0.25) is 0 Å². The molecular weight excluding hydrogens is 385 g/mol. The van der Waals surface area contributed by atoms with Crippen LogP contribution in [0.15, 0.2) is 42.5 Å². The van der Waals surface area contributed by atoms with Crippen LogP contribution in [0.2, 0.25) is 0 Å². The molecule has 1 heterocycles. The Kier molecular flexibility index (Phi) is 6.75. The summed E-state index contributed by atoms with van der Waals surface area (Å²) in [6, 6.07) is 11.6. The maximum absolute atomic E-state index is 14.3. The van der Waals surface area contributed by atoms with Crippen molar-refractivity contribution in [2.24, 2.45) is 0 Å². The molecule has 0 spiro atoms. The minimum absolute atomic E-state index is 0.0482. The molecule has 0 aliphatic carbocycles. The van der Waals surface area contributed by atoms with Gasteiger partial charge < -0.3 is 9.84 Å². The number of ether oxygens (including phenoxy) is 1. The molecule has 1 aromatic heterocycles. The van der Waals surface area contributed by atoms with Crippen LogP contribution in [0.4, 0.5) is 13.2 Å². The molecule has 28 heavy (non-hydrogen) atoms. The molecule has 0 aliphatic heterocycles. The molecule has 0 atom stereocenters. The van der Waals surface area contributed by atoms with Gasteiger partial charge in [-0.15, -0.1) is 11.3 Å². The highest BCUT2D eigenvalue weighted by Crippen LogP contribution is 2.33. The van der Waals surface area contributed by atoms with E-state index in [1.54, 1.807) is 0 Å². The third kappa shape index (κ3) is 4.75. The molecule has 0 saturated heterocycles. The number of hydrogen-bond donors (Lipinski definition) is 1. The zero-order valence-corrected chi connectivity index (χ0v) is 16.3. The average molecular weight is 406 g/mol. The van der Waals surface area contributed by atoms with E-state index in [0.29, 0.717) is 28.8 Å². The number of aliphatic hydroxyl groups excluding tert-OH is 1. The van der Waals surface area contributed by atoms with Crippen molar-refractivity contribution in [1.29, 1.82) is 0 Å². The lowest BCUT2D eigenvalue weighted by Gasteiger charge is -2.11. The Morgan fingerprint density at radius 3 is 2.25 bits per heavy atom. The molecule has 0 bridgehead atoms. The molecule has 0 unspecified atom stereocenters. The lowest BCUT2D eigenvalue weighted by atomic mass is 10.0. The Balaban J connectivity index is 1.80. The monoisotopic (exact) mass is 406 g/mol. The first-order valence-corrected chi connectivity index (χ1v) is 9.92. The minimum atomic E-state index is -0.807. The van der Waals surface area contributed by atoms with Gasteiger partial charge in [0.15, 0.2) is 22.5 Å². The molecule has 0 aliphatic rings. The first-order valence-electron chi connectivity index (χ1n) is 9.11. The summed E-state index contributed by atoms with van der Waals surface area (Å²) in [4.78, 5) is 0.560. The largest absolute Gasteiger partial charge is 0.482 e. The van der Waals surface area contributed by atoms with Crippen molar-refractivity contribution in [3.63, 3.8) is 0 Å². The lowest BCUT2D eigenvalue weighted by molar-refractivity contribution is 0.276. The van der Waals surface area contributed by atoms with Crippen molar-refractivity contribution in [2.45, 2.75) is 32.8 Å². The first kappa shape index (κ1) is 20.4. The Labute approximate surface area is 166 Å². The molecule has 2 nitrogen and oxygen atoms in total. The van der Waals surface area contributed by atoms with Crippen LogP contribution in [0, 0.1) is 16.8 Å². The van der Waals surface area contributed by atoms with Gasteiger partial charge in [0, 0.05) is 12.2 Å². The minimum Gasteiger partial charge on any atom is -0.482 e. The predicted octanol–water partition coefficient (Wildman–Crippen LogP) is 5.90. The fourth-order valence-corrected chi connectivity index (χ4v) is 3.80. The normalized spacial score (nSPS) is 11.0. The smallest absolute Gasteiger partial charge is 0.191 e. The van der Waals surface area contributed by atoms with Gasteiger partial charge in [-0.05, 0) is 54.2 Å². The van der Waals surface area contributed by atoms with Crippen molar-refractivity contribution < 1.29 is 23.0 Å². The van der Waals surface area contributed by atoms with Crippen LogP contribution in [-0.2, 0) is 19.4 Å². The van der Waals surface area contributed by atoms with Crippen LogP contribution >= 0.6 is 11.3 Å². The van der Waals surface area contributed by atoms with Crippen LogP contribution in [-0.4, -0.2) is 11.7 Å². The van der Waals surface area contributed by atoms with Crippen LogP contribution in [0.3, 0.4) is 0 Å². The molecule has 0 amide bonds. The molecule has 3 rings (SSSR count). The summed E-state index contributed by atoms with van der Waals surface area (Å²) in [5, 5.41) is 8.46. The van der Waals surface area contributed by atoms with Crippen LogP contribution in [0.5, 0.6) is 5.75 Å². The second-order valence-electron chi connectivity index (χ2n) is 6.44. The summed E-state index contributed by atoms with van der Waals surface area (Å²) in [5.41, 5.74) is 3.11. The third-order valence-electron chi connectivity index (χ3n) is 4.48. The zero-order valence-electron chi connectivity index (χ0n) is 15.5. The van der Waals surface area contributed by atoms with E-state index in [1.165, 1.54) is 23.8 Å². The summed E-state index contributed by atoms with van der Waals surface area (Å²) < 4.78 is 47.8. The van der Waals surface area contributed by atoms with Gasteiger partial charge in [-0.1, -0.05) is 31.2 Å². The van der Waals surface area contributed by atoms with Gasteiger partial charge >= 0.3 is 0 Å². The molecule has 6 heteroatoms. The Morgan fingerprint density at radius 1 is 0.964 bits per heavy atom. The van der Waals surface area contributed by atoms with Gasteiger partial charge in [-0.25, -0.2) is 8.78 Å². The number of hydrogen-bond acceptors (Lipinski definition) is 3. The number of halogens is 3. The number of rotatable bonds is 8. The van der Waals surface area contributed by atoms with Gasteiger partial charge in [0.05, 0.1) is 4.88 Å². The summed E-state index contributed by atoms with van der Waals surface area (Å²) in [6.45, 7) is 1.87. The summed E-state index contributed by atoms with van der Waals surface area (Å²) in [5.74, 6) is -2.09. The van der Waals surface area contributed by atoms with E-state index in [4.69, 9.17) is 9.84 Å². The lowest BCUT2D eigenvalue weighted by Crippen LogP contribution is -2.01. The predicted molar refractivity (Wildman–Crippen MR) is 105 cm³/mol. The molecular formula is C22H21F3O2S. The number of benzene rings is 2. The van der Waals surface area contributed by atoms with E-state index in [1.807, 2.05) is 24.3 Å². The van der Waals surface area contributed by atoms with E-state index in [2.05, 4.69) is 6.92 Å². The van der Waals surface area contributed by atoms with Crippen LogP contribution < -0.4 is 4.74 Å². The van der Waals surface area contributed by atoms with Crippen molar-refractivity contribution in [2.75, 3.05) is 6.61 Å². The van der Waals surface area contributed by atoms with E-state index in [0.717, 1.165) is 23.3 Å². The Bertz CT molecular complexity index is 912. The average Bonchev–Trinajstić information content (AvgIpc) is 3.06. The fourth-order valence-electron chi connectivity index (χ4n) is 2.98. The molecule has 1 N–H and O–H groups in total. The molecule has 3 aromatic rings. The second-order valence-corrected chi connectivity index (χ2v) is 7.53. The number of aliphatic hydroxyl groups is 1. The maximum atomic E-state index is 14.3. The summed E-state index contributed by atoms with van der Waals surface area (Å²) in [6.07, 6.45) is 1.70. The van der Waals surface area contributed by atoms with Gasteiger partial charge in [-0.2, -0.15) is 4.39 Å². The van der Waals surface area contributed by atoms with Crippen molar-refractivity contribution >= 4 is 11.3 Å². The molecule has 148 valence electrons. The third-order valence-corrected chi connectivity index (χ3v) is 5.38. The van der Waals surface area contributed by atoms with Gasteiger partial charge in [0.2, 0.25) is 0 Å². The van der Waals surface area contributed by atoms with Gasteiger partial charge in [0.1, 0.15) is 6.61 Å². The standard InChI is InChI=1S/C22H21F3O2S/c1-2-14-5-7-16(8-6-14)17-12-21(25)28-20(17)13-27-22-18(23)10-15(4-3-9-26)11-19(22)24/h5-8,10-12,26H,2-4,9,13H2,1H3. The first-order chi connectivity index (χ1) is 13.5. The second kappa shape index (κ2) is 9.26. The highest BCUT2D eigenvalue weighted by Gasteiger charge is 2.16. The van der Waals surface area contributed by atoms with Crippen molar-refractivity contribution in [3.05, 3.63) is 75.2 Å². The number of thiophene rings is 1. The van der Waals surface area contributed by atoms with E-state index in [-0.39, 0.29) is 18.3 Å². The Morgan fingerprint density at radius 2 is 1.64 bits per heavy atom. The maximum Gasteiger partial charge on any atom is 0.191 e. The Hall–Kier alpha value is -2.31. The van der Waals surface area contributed by atoms with E-state index in [9.17, 15) is 13.2 Å². The topological polar surface area (TPSA) is 29.5 Å². The van der Waals surface area contributed by atoms with Crippen molar-refractivity contribution in [1.82, 2.24) is 0 Å². The van der Waals surface area contributed by atoms with Crippen molar-refractivity contribution in [3.8, 4) is 16.9 Å². The van der Waals surface area contributed by atoms with E-state index >= 15 is 0 Å². The van der Waals surface area contributed by atoms with Gasteiger partial charge in [0.25, 0.3) is 0 Å². The SMILES string of the molecule is CCc1ccc(-c2cc(F)sc2COc2c(F)cc(CCCO)cc2F)cc1. The highest BCUT2D eigenvalue weighted by atomic mass is 32.1. The van der Waals surface area contributed by atoms with Crippen LogP contribution in [0.1, 0.15) is 29.3 Å². The molecule has 0 saturated carbocycles. The quantitative estimate of drug-likeness (QED) is 0.505. The molecule has 0 radical (unpaired) electrons.